The molecule has 4 atom stereocenters. The Morgan fingerprint density at radius 2 is 2.00 bits per heavy atom. The van der Waals surface area contributed by atoms with E-state index >= 15 is 0 Å². The number of fused-ring (bicyclic) bond motifs is 1. The summed E-state index contributed by atoms with van der Waals surface area (Å²) in [6.45, 7) is -0.408. The molecule has 4 rings (SSSR count). The number of anilines is 1. The number of ether oxygens (including phenoxy) is 2. The minimum Gasteiger partial charge on any atom is -0.460 e. The third kappa shape index (κ3) is 2.80. The summed E-state index contributed by atoms with van der Waals surface area (Å²) in [5, 5.41) is 29.4. The summed E-state index contributed by atoms with van der Waals surface area (Å²) in [6, 6.07) is 0.158. The Bertz CT molecular complexity index is 762. The van der Waals surface area contributed by atoms with Crippen LogP contribution in [-0.2, 0) is 4.74 Å². The van der Waals surface area contributed by atoms with Crippen molar-refractivity contribution < 1.29 is 24.8 Å². The number of imidazole rings is 1. The molecule has 0 spiro atoms. The predicted molar refractivity (Wildman–Crippen MR) is 85.6 cm³/mol. The van der Waals surface area contributed by atoms with Crippen LogP contribution in [0.25, 0.3) is 11.2 Å². The van der Waals surface area contributed by atoms with Crippen molar-refractivity contribution in [2.45, 2.75) is 56.3 Å². The Morgan fingerprint density at radius 1 is 1.24 bits per heavy atom. The maximum Gasteiger partial charge on any atom is 0.320 e. The van der Waals surface area contributed by atoms with Crippen LogP contribution in [0.1, 0.15) is 31.9 Å². The molecule has 0 unspecified atom stereocenters. The van der Waals surface area contributed by atoms with E-state index in [2.05, 4.69) is 15.0 Å². The van der Waals surface area contributed by atoms with E-state index in [-0.39, 0.29) is 17.9 Å². The Morgan fingerprint density at radius 3 is 2.68 bits per heavy atom. The zero-order valence-corrected chi connectivity index (χ0v) is 13.5. The highest BCUT2D eigenvalue weighted by Crippen LogP contribution is 2.33. The van der Waals surface area contributed by atoms with Crippen LogP contribution in [0.15, 0.2) is 6.33 Å². The highest BCUT2D eigenvalue weighted by molar-refractivity contribution is 5.82. The fourth-order valence-electron chi connectivity index (χ4n) is 3.42. The molecule has 2 fully saturated rings. The van der Waals surface area contributed by atoms with E-state index in [1.54, 1.807) is 0 Å². The molecule has 136 valence electrons. The summed E-state index contributed by atoms with van der Waals surface area (Å²) in [5.41, 5.74) is 6.66. The first kappa shape index (κ1) is 16.5. The second kappa shape index (κ2) is 6.37. The van der Waals surface area contributed by atoms with E-state index in [4.69, 9.17) is 15.2 Å². The van der Waals surface area contributed by atoms with E-state index in [1.807, 2.05) is 0 Å². The smallest absolute Gasteiger partial charge is 0.320 e. The molecule has 2 aromatic rings. The topological polar surface area (TPSA) is 149 Å². The zero-order chi connectivity index (χ0) is 17.6. The molecule has 0 aromatic carbocycles. The van der Waals surface area contributed by atoms with Gasteiger partial charge in [-0.1, -0.05) is 0 Å². The minimum absolute atomic E-state index is 0.0714. The molecule has 1 aliphatic carbocycles. The molecule has 2 aromatic heterocycles. The van der Waals surface area contributed by atoms with Crippen molar-refractivity contribution in [2.24, 2.45) is 0 Å². The van der Waals surface area contributed by atoms with Crippen molar-refractivity contribution in [2.75, 3.05) is 12.3 Å². The third-order valence-electron chi connectivity index (χ3n) is 4.79. The number of aliphatic hydroxyl groups is 3. The summed E-state index contributed by atoms with van der Waals surface area (Å²) in [7, 11) is 0. The Labute approximate surface area is 143 Å². The van der Waals surface area contributed by atoms with Gasteiger partial charge in [0, 0.05) is 0 Å². The van der Waals surface area contributed by atoms with Gasteiger partial charge in [-0.05, 0) is 25.7 Å². The van der Waals surface area contributed by atoms with Gasteiger partial charge >= 0.3 is 6.01 Å². The first-order valence-corrected chi connectivity index (χ1v) is 8.37. The molecule has 1 saturated heterocycles. The van der Waals surface area contributed by atoms with Crippen LogP contribution in [-0.4, -0.2) is 65.9 Å². The molecule has 10 nitrogen and oxygen atoms in total. The van der Waals surface area contributed by atoms with Gasteiger partial charge in [-0.15, -0.1) is 0 Å². The molecular formula is C15H21N5O5. The third-order valence-corrected chi connectivity index (χ3v) is 4.79. The first-order valence-electron chi connectivity index (χ1n) is 8.37. The van der Waals surface area contributed by atoms with Gasteiger partial charge in [0.2, 0.25) is 0 Å². The number of nitrogen functional groups attached to an aromatic ring is 1. The fourth-order valence-corrected chi connectivity index (χ4v) is 3.42. The number of rotatable bonds is 4. The van der Waals surface area contributed by atoms with Gasteiger partial charge in [0.15, 0.2) is 23.2 Å². The monoisotopic (exact) mass is 351 g/mol. The van der Waals surface area contributed by atoms with Crippen LogP contribution in [0.2, 0.25) is 0 Å². The summed E-state index contributed by atoms with van der Waals surface area (Å²) in [4.78, 5) is 12.7. The highest BCUT2D eigenvalue weighted by atomic mass is 16.6. The Hall–Kier alpha value is -2.01. The molecule has 0 radical (unpaired) electrons. The van der Waals surface area contributed by atoms with Crippen molar-refractivity contribution in [1.29, 1.82) is 0 Å². The van der Waals surface area contributed by atoms with E-state index in [1.165, 1.54) is 10.9 Å². The number of aromatic nitrogens is 4. The molecular weight excluding hydrogens is 330 g/mol. The number of hydrogen-bond donors (Lipinski definition) is 4. The van der Waals surface area contributed by atoms with Crippen molar-refractivity contribution in [3.8, 4) is 6.01 Å². The fraction of sp³-hybridized carbons (Fsp3) is 0.667. The Balaban J connectivity index is 1.68. The van der Waals surface area contributed by atoms with Gasteiger partial charge in [-0.3, -0.25) is 4.57 Å². The molecule has 25 heavy (non-hydrogen) atoms. The number of nitrogens with zero attached hydrogens (tertiary/aromatic N) is 4. The van der Waals surface area contributed by atoms with Crippen molar-refractivity contribution >= 4 is 17.0 Å². The molecule has 1 saturated carbocycles. The second-order valence-electron chi connectivity index (χ2n) is 6.47. The molecule has 1 aliphatic heterocycles. The average molecular weight is 351 g/mol. The maximum atomic E-state index is 10.2. The lowest BCUT2D eigenvalue weighted by Crippen LogP contribution is -2.33. The first-order chi connectivity index (χ1) is 12.1. The largest absolute Gasteiger partial charge is 0.460 e. The summed E-state index contributed by atoms with van der Waals surface area (Å²) in [5.74, 6) is 0.170. The summed E-state index contributed by atoms with van der Waals surface area (Å²) in [6.07, 6.45) is 1.36. The van der Waals surface area contributed by atoms with Crippen molar-refractivity contribution in [3.63, 3.8) is 0 Å². The number of nitrogens with two attached hydrogens (primary N) is 1. The molecule has 0 amide bonds. The maximum absolute atomic E-state index is 10.2. The van der Waals surface area contributed by atoms with Crippen LogP contribution in [0, 0.1) is 0 Å². The number of aliphatic hydroxyl groups excluding tert-OH is 3. The van der Waals surface area contributed by atoms with Crippen LogP contribution >= 0.6 is 0 Å². The lowest BCUT2D eigenvalue weighted by atomic mass is 10.1. The Kier molecular flexibility index (Phi) is 4.20. The lowest BCUT2D eigenvalue weighted by molar-refractivity contribution is -0.0511. The number of hydrogen-bond acceptors (Lipinski definition) is 9. The van der Waals surface area contributed by atoms with Crippen molar-refractivity contribution in [3.05, 3.63) is 6.33 Å². The van der Waals surface area contributed by atoms with Gasteiger partial charge in [-0.25, -0.2) is 4.98 Å². The average Bonchev–Trinajstić information content (AvgIpc) is 3.30. The lowest BCUT2D eigenvalue weighted by Gasteiger charge is -2.17. The van der Waals surface area contributed by atoms with E-state index in [0.717, 1.165) is 25.7 Å². The molecule has 5 N–H and O–H groups in total. The molecule has 10 heteroatoms. The predicted octanol–water partition coefficient (Wildman–Crippen LogP) is -0.659. The molecule has 0 bridgehead atoms. The normalized spacial score (nSPS) is 30.4. The van der Waals surface area contributed by atoms with Gasteiger partial charge in [0.25, 0.3) is 0 Å². The SMILES string of the molecule is Nc1nc(OC2CCCC2)nc2c1ncn2[C@@H]1O[C@H](CO)[C@H](O)[C@H]1O. The van der Waals surface area contributed by atoms with E-state index in [0.29, 0.717) is 11.2 Å². The van der Waals surface area contributed by atoms with E-state index in [9.17, 15) is 15.3 Å². The van der Waals surface area contributed by atoms with Crippen LogP contribution < -0.4 is 10.5 Å². The van der Waals surface area contributed by atoms with Crippen molar-refractivity contribution in [1.82, 2.24) is 19.5 Å². The highest BCUT2D eigenvalue weighted by Gasteiger charge is 2.44. The van der Waals surface area contributed by atoms with Crippen LogP contribution in [0.5, 0.6) is 6.01 Å². The standard InChI is InChI=1S/C15H21N5O5/c16-12-9-13(19-15(18-12)24-7-3-1-2-4-7)20(6-17-9)14-11(23)10(22)8(5-21)25-14/h6-8,10-11,14,21-23H,1-5H2,(H2,16,18,19)/t8-,10+,11-,14-/m1/s1. The zero-order valence-electron chi connectivity index (χ0n) is 13.5. The van der Waals surface area contributed by atoms with Gasteiger partial charge < -0.3 is 30.5 Å². The minimum atomic E-state index is -1.23. The van der Waals surface area contributed by atoms with Gasteiger partial charge in [0.1, 0.15) is 24.4 Å². The van der Waals surface area contributed by atoms with Gasteiger partial charge in [0.05, 0.1) is 12.9 Å². The molecule has 2 aliphatic rings. The van der Waals surface area contributed by atoms with Gasteiger partial charge in [-0.2, -0.15) is 9.97 Å². The quantitative estimate of drug-likeness (QED) is 0.563. The van der Waals surface area contributed by atoms with E-state index < -0.39 is 31.1 Å². The summed E-state index contributed by atoms with van der Waals surface area (Å²) >= 11 is 0. The molecule has 3 heterocycles. The van der Waals surface area contributed by atoms with Crippen LogP contribution in [0.4, 0.5) is 5.82 Å². The van der Waals surface area contributed by atoms with Crippen LogP contribution in [0.3, 0.4) is 0 Å². The second-order valence-corrected chi connectivity index (χ2v) is 6.47. The summed E-state index contributed by atoms with van der Waals surface area (Å²) < 4.78 is 12.8.